The fraction of sp³-hybridized carbons (Fsp3) is 0.486. The monoisotopic (exact) mass is 625 g/mol. The molecule has 0 spiro atoms. The van der Waals surface area contributed by atoms with Gasteiger partial charge in [0.1, 0.15) is 6.10 Å². The molecule has 0 aliphatic carbocycles. The van der Waals surface area contributed by atoms with Gasteiger partial charge in [-0.25, -0.2) is 0 Å². The molecule has 45 heavy (non-hydrogen) atoms. The first-order valence-corrected chi connectivity index (χ1v) is 15.4. The van der Waals surface area contributed by atoms with Crippen molar-refractivity contribution in [3.05, 3.63) is 80.8 Å². The van der Waals surface area contributed by atoms with Gasteiger partial charge in [0.2, 0.25) is 0 Å². The van der Waals surface area contributed by atoms with E-state index in [-0.39, 0.29) is 23.7 Å². The Hall–Kier alpha value is -3.79. The summed E-state index contributed by atoms with van der Waals surface area (Å²) >= 11 is 0. The second kappa shape index (κ2) is 12.2. The van der Waals surface area contributed by atoms with E-state index in [4.69, 9.17) is 9.47 Å². The van der Waals surface area contributed by atoms with Crippen molar-refractivity contribution in [1.29, 1.82) is 0 Å². The number of carbonyl (C=O) groups excluding carboxylic acids is 1. The van der Waals surface area contributed by atoms with Crippen LogP contribution in [0.5, 0.6) is 11.5 Å². The highest BCUT2D eigenvalue weighted by atomic mass is 19.4. The molecule has 1 fully saturated rings. The number of hydrogen-bond acceptors (Lipinski definition) is 5. The summed E-state index contributed by atoms with van der Waals surface area (Å²) in [5.41, 5.74) is 6.25. The van der Waals surface area contributed by atoms with Gasteiger partial charge in [-0.1, -0.05) is 24.3 Å². The maximum absolute atomic E-state index is 13.2. The average Bonchev–Trinajstić information content (AvgIpc) is 2.99. The van der Waals surface area contributed by atoms with Crippen LogP contribution in [0.1, 0.15) is 67.5 Å². The standard InChI is InChI=1S/C35H42F3N3O4/c1-21-22(2)32(42)39(6)20-29(21)24-11-12-30(31(17-24)44-7)45-26-13-15-40(34(4,5)18-26)19-25-9-8-10-27-23(3)41(16-14-28(25)27)33(43)35(36,37)38/h8-12,17,20,23,26H,13-16,18-19H2,1-7H3. The zero-order valence-corrected chi connectivity index (χ0v) is 27.0. The quantitative estimate of drug-likeness (QED) is 0.313. The third-order valence-corrected chi connectivity index (χ3v) is 9.70. The Bertz CT molecular complexity index is 1660. The van der Waals surface area contributed by atoms with Gasteiger partial charge in [-0.2, -0.15) is 13.2 Å². The maximum Gasteiger partial charge on any atom is 0.471 e. The lowest BCUT2D eigenvalue weighted by Gasteiger charge is -2.46. The molecule has 0 bridgehead atoms. The first-order chi connectivity index (χ1) is 21.1. The molecule has 1 aromatic heterocycles. The zero-order valence-electron chi connectivity index (χ0n) is 27.0. The maximum atomic E-state index is 13.2. The van der Waals surface area contributed by atoms with Crippen LogP contribution in [0.2, 0.25) is 0 Å². The molecule has 242 valence electrons. The number of pyridine rings is 1. The molecule has 1 amide bonds. The minimum atomic E-state index is -4.88. The van der Waals surface area contributed by atoms with Crippen LogP contribution in [0, 0.1) is 13.8 Å². The van der Waals surface area contributed by atoms with Crippen LogP contribution in [0.15, 0.2) is 47.4 Å². The van der Waals surface area contributed by atoms with Crippen LogP contribution in [0.25, 0.3) is 11.1 Å². The van der Waals surface area contributed by atoms with E-state index >= 15 is 0 Å². The SMILES string of the molecule is COc1cc(-c2cn(C)c(=O)c(C)c2C)ccc1OC1CCN(Cc2cccc3c2CCN(C(=O)C(F)(F)F)C3C)C(C)(C)C1. The Labute approximate surface area is 262 Å². The summed E-state index contributed by atoms with van der Waals surface area (Å²) in [6, 6.07) is 11.0. The third-order valence-electron chi connectivity index (χ3n) is 9.70. The van der Waals surface area contributed by atoms with E-state index in [1.807, 2.05) is 56.4 Å². The Morgan fingerprint density at radius 1 is 1.07 bits per heavy atom. The number of amides is 1. The second-order valence-corrected chi connectivity index (χ2v) is 12.9. The number of aryl methyl sites for hydroxylation is 1. The van der Waals surface area contributed by atoms with E-state index in [1.54, 1.807) is 25.6 Å². The number of ether oxygens (including phenoxy) is 2. The molecule has 2 aliphatic heterocycles. The molecular formula is C35H42F3N3O4. The molecule has 0 radical (unpaired) electrons. The van der Waals surface area contributed by atoms with Crippen molar-refractivity contribution in [3.8, 4) is 22.6 Å². The van der Waals surface area contributed by atoms with Crippen LogP contribution in [0.3, 0.4) is 0 Å². The van der Waals surface area contributed by atoms with Crippen LogP contribution < -0.4 is 15.0 Å². The second-order valence-electron chi connectivity index (χ2n) is 12.9. The summed E-state index contributed by atoms with van der Waals surface area (Å²) in [5, 5.41) is 0. The molecule has 10 heteroatoms. The van der Waals surface area contributed by atoms with Gasteiger partial charge in [-0.3, -0.25) is 14.5 Å². The summed E-state index contributed by atoms with van der Waals surface area (Å²) in [7, 11) is 3.37. The summed E-state index contributed by atoms with van der Waals surface area (Å²) in [6.45, 7) is 11.3. The Morgan fingerprint density at radius 3 is 2.47 bits per heavy atom. The lowest BCUT2D eigenvalue weighted by Crippen LogP contribution is -2.52. The number of alkyl halides is 3. The summed E-state index contributed by atoms with van der Waals surface area (Å²) < 4.78 is 53.4. The molecule has 2 atom stereocenters. The molecule has 3 heterocycles. The molecule has 2 aromatic carbocycles. The highest BCUT2D eigenvalue weighted by Crippen LogP contribution is 2.39. The van der Waals surface area contributed by atoms with Gasteiger partial charge < -0.3 is 18.9 Å². The van der Waals surface area contributed by atoms with Gasteiger partial charge in [-0.15, -0.1) is 0 Å². The molecule has 7 nitrogen and oxygen atoms in total. The summed E-state index contributed by atoms with van der Waals surface area (Å²) in [6.07, 6.45) is -1.10. The lowest BCUT2D eigenvalue weighted by atomic mass is 9.85. The number of benzene rings is 2. The first kappa shape index (κ1) is 32.6. The van der Waals surface area contributed by atoms with Crippen LogP contribution in [-0.4, -0.2) is 58.3 Å². The zero-order chi connectivity index (χ0) is 32.8. The number of methoxy groups -OCH3 is 1. The first-order valence-electron chi connectivity index (χ1n) is 15.4. The molecule has 5 rings (SSSR count). The number of carbonyl (C=O) groups is 1. The molecule has 2 unspecified atom stereocenters. The number of piperidine rings is 1. The number of rotatable bonds is 6. The number of fused-ring (bicyclic) bond motifs is 1. The van der Waals surface area contributed by atoms with Gasteiger partial charge >= 0.3 is 12.1 Å². The number of aromatic nitrogens is 1. The number of nitrogens with zero attached hydrogens (tertiary/aromatic N) is 3. The highest BCUT2D eigenvalue weighted by molar-refractivity contribution is 5.82. The van der Waals surface area contributed by atoms with Gasteiger partial charge in [0.15, 0.2) is 11.5 Å². The Balaban J connectivity index is 1.29. The smallest absolute Gasteiger partial charge is 0.471 e. The van der Waals surface area contributed by atoms with Gasteiger partial charge in [0.25, 0.3) is 5.56 Å². The van der Waals surface area contributed by atoms with Crippen molar-refractivity contribution in [2.24, 2.45) is 7.05 Å². The van der Waals surface area contributed by atoms with E-state index in [2.05, 4.69) is 18.7 Å². The fourth-order valence-electron chi connectivity index (χ4n) is 6.90. The van der Waals surface area contributed by atoms with Crippen molar-refractivity contribution in [2.75, 3.05) is 20.2 Å². The normalized spacial score (nSPS) is 20.1. The van der Waals surface area contributed by atoms with Crippen molar-refractivity contribution < 1.29 is 27.4 Å². The largest absolute Gasteiger partial charge is 0.493 e. The number of halogens is 3. The van der Waals surface area contributed by atoms with Crippen LogP contribution in [-0.2, 0) is 24.8 Å². The summed E-state index contributed by atoms with van der Waals surface area (Å²) in [5.74, 6) is -0.488. The van der Waals surface area contributed by atoms with Crippen molar-refractivity contribution in [1.82, 2.24) is 14.4 Å². The van der Waals surface area contributed by atoms with Crippen molar-refractivity contribution >= 4 is 5.91 Å². The average molecular weight is 626 g/mol. The predicted octanol–water partition coefficient (Wildman–Crippen LogP) is 6.51. The van der Waals surface area contributed by atoms with E-state index in [9.17, 15) is 22.8 Å². The molecule has 3 aromatic rings. The molecule has 1 saturated heterocycles. The topological polar surface area (TPSA) is 64.0 Å². The predicted molar refractivity (Wildman–Crippen MR) is 168 cm³/mol. The van der Waals surface area contributed by atoms with E-state index in [0.29, 0.717) is 30.0 Å². The van der Waals surface area contributed by atoms with E-state index < -0.39 is 18.1 Å². The summed E-state index contributed by atoms with van der Waals surface area (Å²) in [4.78, 5) is 27.7. The highest BCUT2D eigenvalue weighted by Gasteiger charge is 2.45. The molecular weight excluding hydrogens is 583 g/mol. The molecule has 2 aliphatic rings. The van der Waals surface area contributed by atoms with Crippen molar-refractivity contribution in [2.45, 2.75) is 84.3 Å². The van der Waals surface area contributed by atoms with Crippen LogP contribution in [0.4, 0.5) is 13.2 Å². The fourth-order valence-corrected chi connectivity index (χ4v) is 6.90. The minimum Gasteiger partial charge on any atom is -0.493 e. The third kappa shape index (κ3) is 6.34. The molecule has 0 saturated carbocycles. The van der Waals surface area contributed by atoms with Gasteiger partial charge in [0, 0.05) is 56.0 Å². The Kier molecular flexibility index (Phi) is 8.83. The number of likely N-dealkylation sites (tertiary alicyclic amines) is 1. The van der Waals surface area contributed by atoms with E-state index in [0.717, 1.165) is 57.7 Å². The van der Waals surface area contributed by atoms with E-state index in [1.165, 1.54) is 0 Å². The lowest BCUT2D eigenvalue weighted by molar-refractivity contribution is -0.188. The van der Waals surface area contributed by atoms with Gasteiger partial charge in [0.05, 0.1) is 13.2 Å². The Morgan fingerprint density at radius 2 is 1.80 bits per heavy atom. The minimum absolute atomic E-state index is 0.0112. The molecule has 0 N–H and O–H groups in total. The van der Waals surface area contributed by atoms with Crippen LogP contribution >= 0.6 is 0 Å². The van der Waals surface area contributed by atoms with Gasteiger partial charge in [-0.05, 0) is 87.4 Å². The van der Waals surface area contributed by atoms with Crippen molar-refractivity contribution in [3.63, 3.8) is 0 Å². The number of hydrogen-bond donors (Lipinski definition) is 0.